The van der Waals surface area contributed by atoms with E-state index in [1.165, 1.54) is 25.8 Å². The van der Waals surface area contributed by atoms with Crippen molar-refractivity contribution in [3.05, 3.63) is 41.7 Å². The van der Waals surface area contributed by atoms with Crippen LogP contribution in [0.4, 0.5) is 18.9 Å². The van der Waals surface area contributed by atoms with Crippen LogP contribution in [0.25, 0.3) is 0 Å². The standard InChI is InChI=1S/C56H93F3N6O13/c1-15-43-55(10,71)48(67)36(6)63(12)29-32(2)26-53(8,70)50(34(4)46(35(5)51(69)76-43)77-44-27-54(9,73-14)49(68)37(7)75-44)78-52-45(66)41(25-33(3)74-52)62(11)24-21-39-30-65(61-60-39)42(28-57)47(72-13)38-17-19-40(20-18-38)64-23-16-22-56(58,59)31-64/h17-20,30,32-37,41-50,52,66-68,70-71H,15-16,21-29,31H2,1-14H3/t32-,33-,34+,35-,36-,37+,41+,42+,43-,44+,45-,46+,47-,48-,49+,50-,52+,53-,54-,55-/m1/s1. The van der Waals surface area contributed by atoms with E-state index in [1.807, 2.05) is 37.7 Å². The molecule has 4 fully saturated rings. The minimum absolute atomic E-state index is 0.0699. The summed E-state index contributed by atoms with van der Waals surface area (Å²) in [6.45, 7) is 17.4. The van der Waals surface area contributed by atoms with Gasteiger partial charge in [0.15, 0.2) is 12.6 Å². The highest BCUT2D eigenvalue weighted by Crippen LogP contribution is 2.41. The molecule has 1 aromatic heterocycles. The van der Waals surface area contributed by atoms with Gasteiger partial charge in [-0.15, -0.1) is 5.10 Å². The molecule has 19 nitrogen and oxygen atoms in total. The molecule has 0 bridgehead atoms. The molecule has 4 aliphatic heterocycles. The van der Waals surface area contributed by atoms with Gasteiger partial charge in [0, 0.05) is 83.0 Å². The van der Waals surface area contributed by atoms with Crippen LogP contribution in [-0.2, 0) is 44.4 Å². The number of hydrogen-bond donors (Lipinski definition) is 5. The predicted molar refractivity (Wildman–Crippen MR) is 284 cm³/mol. The summed E-state index contributed by atoms with van der Waals surface area (Å²) in [7, 11) is 6.64. The summed E-state index contributed by atoms with van der Waals surface area (Å²) >= 11 is 0. The zero-order chi connectivity index (χ0) is 57.8. The van der Waals surface area contributed by atoms with E-state index in [2.05, 4.69) is 10.3 Å². The van der Waals surface area contributed by atoms with E-state index >= 15 is 0 Å². The number of piperidine rings is 1. The molecule has 5 heterocycles. The van der Waals surface area contributed by atoms with Crippen molar-refractivity contribution in [3.8, 4) is 0 Å². The third kappa shape index (κ3) is 14.7. The van der Waals surface area contributed by atoms with Crippen molar-refractivity contribution in [2.24, 2.45) is 17.8 Å². The van der Waals surface area contributed by atoms with Crippen LogP contribution in [0, 0.1) is 17.8 Å². The van der Waals surface area contributed by atoms with Crippen LogP contribution < -0.4 is 4.90 Å². The number of esters is 1. The molecule has 4 saturated heterocycles. The molecule has 2 aromatic rings. The molecule has 0 radical (unpaired) electrons. The summed E-state index contributed by atoms with van der Waals surface area (Å²) < 4.78 is 88.9. The summed E-state index contributed by atoms with van der Waals surface area (Å²) in [6.07, 6.45) is -8.22. The number of ether oxygens (including phenoxy) is 7. The third-order valence-electron chi connectivity index (χ3n) is 17.5. The van der Waals surface area contributed by atoms with Gasteiger partial charge in [-0.1, -0.05) is 38.1 Å². The maximum absolute atomic E-state index is 15.0. The number of hydrogen-bond acceptors (Lipinski definition) is 18. The Balaban J connectivity index is 1.24. The summed E-state index contributed by atoms with van der Waals surface area (Å²) in [5, 5.41) is 68.6. The topological polar surface area (TPSA) is 223 Å². The summed E-state index contributed by atoms with van der Waals surface area (Å²) in [5.41, 5.74) is -2.78. The van der Waals surface area contributed by atoms with Crippen LogP contribution in [0.2, 0.25) is 0 Å². The molecule has 0 aliphatic carbocycles. The Morgan fingerprint density at radius 2 is 1.64 bits per heavy atom. The Labute approximate surface area is 459 Å². The average molecular weight is 1120 g/mol. The van der Waals surface area contributed by atoms with Crippen molar-refractivity contribution in [1.82, 2.24) is 24.8 Å². The predicted octanol–water partition coefficient (Wildman–Crippen LogP) is 5.24. The first-order chi connectivity index (χ1) is 36.5. The number of alkyl halides is 3. The molecule has 1 aromatic carbocycles. The maximum atomic E-state index is 15.0. The van der Waals surface area contributed by atoms with Crippen molar-refractivity contribution >= 4 is 11.7 Å². The van der Waals surface area contributed by atoms with E-state index in [9.17, 15) is 43.5 Å². The van der Waals surface area contributed by atoms with Crippen LogP contribution in [-0.4, -0.2) is 214 Å². The fraction of sp³-hybridized carbons (Fsp3) is 0.839. The Kier molecular flexibility index (Phi) is 21.7. The number of halogens is 3. The molecule has 22 heteroatoms. The van der Waals surface area contributed by atoms with E-state index in [0.717, 1.165) is 0 Å². The molecule has 0 spiro atoms. The van der Waals surface area contributed by atoms with Gasteiger partial charge in [0.25, 0.3) is 5.92 Å². The quantitative estimate of drug-likeness (QED) is 0.136. The van der Waals surface area contributed by atoms with Gasteiger partial charge in [-0.25, -0.2) is 17.9 Å². The van der Waals surface area contributed by atoms with Gasteiger partial charge in [-0.2, -0.15) is 0 Å². The number of anilines is 1. The monoisotopic (exact) mass is 1110 g/mol. The summed E-state index contributed by atoms with van der Waals surface area (Å²) in [6, 6.07) is 5.01. The molecule has 0 unspecified atom stereocenters. The minimum atomic E-state index is -2.76. The summed E-state index contributed by atoms with van der Waals surface area (Å²) in [5.74, 6) is -5.71. The second kappa shape index (κ2) is 26.4. The number of carbonyl (C=O) groups is 1. The molecule has 5 N–H and O–H groups in total. The number of nitrogens with zero attached hydrogens (tertiary/aromatic N) is 6. The second-order valence-corrected chi connectivity index (χ2v) is 24.0. The van der Waals surface area contributed by atoms with Gasteiger partial charge in [-0.3, -0.25) is 4.79 Å². The van der Waals surface area contributed by atoms with Crippen LogP contribution in [0.5, 0.6) is 0 Å². The van der Waals surface area contributed by atoms with Crippen molar-refractivity contribution in [2.45, 2.75) is 223 Å². The number of methoxy groups -OCH3 is 2. The normalized spacial score (nSPS) is 39.8. The van der Waals surface area contributed by atoms with E-state index < -0.39 is 133 Å². The van der Waals surface area contributed by atoms with Crippen molar-refractivity contribution < 1.29 is 76.7 Å². The molecule has 0 amide bonds. The molecular weight excluding hydrogens is 1020 g/mol. The average Bonchev–Trinajstić information content (AvgIpc) is 3.86. The smallest absolute Gasteiger partial charge is 0.311 e. The Morgan fingerprint density at radius 1 is 0.962 bits per heavy atom. The van der Waals surface area contributed by atoms with Gasteiger partial charge in [-0.05, 0) is 112 Å². The lowest BCUT2D eigenvalue weighted by molar-refractivity contribution is -0.318. The van der Waals surface area contributed by atoms with Crippen molar-refractivity contribution in [1.29, 1.82) is 0 Å². The first-order valence-electron chi connectivity index (χ1n) is 28.0. The van der Waals surface area contributed by atoms with E-state index in [0.29, 0.717) is 55.8 Å². The Morgan fingerprint density at radius 3 is 2.26 bits per heavy atom. The molecule has 4 aliphatic rings. The fourth-order valence-corrected chi connectivity index (χ4v) is 12.6. The zero-order valence-electron chi connectivity index (χ0n) is 48.5. The first-order valence-corrected chi connectivity index (χ1v) is 28.0. The van der Waals surface area contributed by atoms with Crippen LogP contribution >= 0.6 is 0 Å². The molecule has 0 saturated carbocycles. The third-order valence-corrected chi connectivity index (χ3v) is 17.5. The second-order valence-electron chi connectivity index (χ2n) is 24.0. The van der Waals surface area contributed by atoms with Crippen molar-refractivity contribution in [2.75, 3.05) is 66.1 Å². The van der Waals surface area contributed by atoms with E-state index in [4.69, 9.17) is 33.2 Å². The number of aromatic nitrogens is 3. The van der Waals surface area contributed by atoms with Gasteiger partial charge in [0.05, 0.1) is 53.8 Å². The molecular formula is C56H93F3N6O13. The summed E-state index contributed by atoms with van der Waals surface area (Å²) in [4.78, 5) is 20.1. The number of aliphatic hydroxyl groups is 5. The molecule has 446 valence electrons. The number of cyclic esters (lactones) is 1. The van der Waals surface area contributed by atoms with Crippen LogP contribution in [0.15, 0.2) is 30.5 Å². The SMILES string of the molecule is CC[C@H]1OC(=O)[C@H](C)[C@@H](O[C@H]2C[C@@](C)(OC)[C@@H](O)[C@H](C)O2)[C@H](C)[C@@H](O[C@@H]2O[C@H](C)C[C@H](N(C)CCc3cn([C@@H](CF)[C@H](OC)c4ccc(N5CCCC(F)(F)C5)cc4)nn3)[C@H]2O)[C@](C)(O)C[C@@H](C)CN(C)[C@H](C)[C@@H](O)[C@]1(C)O. The lowest BCUT2D eigenvalue weighted by Crippen LogP contribution is -2.61. The van der Waals surface area contributed by atoms with Crippen LogP contribution in [0.3, 0.4) is 0 Å². The highest BCUT2D eigenvalue weighted by atomic mass is 19.3. The number of rotatable bonds is 16. The number of benzene rings is 1. The van der Waals surface area contributed by atoms with Crippen LogP contribution in [0.1, 0.15) is 131 Å². The van der Waals surface area contributed by atoms with Gasteiger partial charge in [0.2, 0.25) is 0 Å². The highest BCUT2D eigenvalue weighted by molar-refractivity contribution is 5.73. The fourth-order valence-electron chi connectivity index (χ4n) is 12.6. The largest absolute Gasteiger partial charge is 0.459 e. The van der Waals surface area contributed by atoms with Gasteiger partial charge < -0.3 is 73.4 Å². The number of likely N-dealkylation sites (N-methyl/N-ethyl adjacent to an activating group) is 2. The Bertz CT molecular complexity index is 2200. The molecule has 78 heavy (non-hydrogen) atoms. The first kappa shape index (κ1) is 64.1. The van der Waals surface area contributed by atoms with E-state index in [1.54, 1.807) is 83.8 Å². The van der Waals surface area contributed by atoms with Crippen molar-refractivity contribution in [3.63, 3.8) is 0 Å². The Hall–Kier alpha value is -3.10. The minimum Gasteiger partial charge on any atom is -0.459 e. The zero-order valence-corrected chi connectivity index (χ0v) is 48.5. The molecule has 6 rings (SSSR count). The van der Waals surface area contributed by atoms with E-state index in [-0.39, 0.29) is 38.1 Å². The molecule has 20 atom stereocenters. The lowest BCUT2D eigenvalue weighted by atomic mass is 9.77. The maximum Gasteiger partial charge on any atom is 0.311 e. The number of aliphatic hydroxyl groups excluding tert-OH is 3. The highest BCUT2D eigenvalue weighted by Gasteiger charge is 2.53. The van der Waals surface area contributed by atoms with Gasteiger partial charge in [0.1, 0.15) is 48.8 Å². The lowest BCUT2D eigenvalue weighted by Gasteiger charge is -2.49. The number of carbonyl (C=O) groups excluding carboxylic acids is 1. The van der Waals surface area contributed by atoms with Gasteiger partial charge >= 0.3 is 5.97 Å².